The van der Waals surface area contributed by atoms with Crippen LogP contribution in [-0.4, -0.2) is 33.6 Å². The van der Waals surface area contributed by atoms with Crippen molar-refractivity contribution in [3.63, 3.8) is 0 Å². The third-order valence-corrected chi connectivity index (χ3v) is 6.71. The van der Waals surface area contributed by atoms with Crippen LogP contribution in [-0.2, 0) is 10.0 Å². The van der Waals surface area contributed by atoms with Crippen LogP contribution in [0, 0.1) is 0 Å². The lowest BCUT2D eigenvalue weighted by atomic mass is 10.2. The fourth-order valence-corrected chi connectivity index (χ4v) is 4.68. The summed E-state index contributed by atoms with van der Waals surface area (Å²) in [6, 6.07) is 13.4. The Balaban J connectivity index is 1.58. The van der Waals surface area contributed by atoms with Crippen molar-refractivity contribution in [1.29, 1.82) is 0 Å². The molecule has 0 saturated carbocycles. The molecule has 0 spiro atoms. The number of hydrogen-bond acceptors (Lipinski definition) is 8. The lowest BCUT2D eigenvalue weighted by molar-refractivity contribution is 0.597. The minimum atomic E-state index is -3.76. The predicted molar refractivity (Wildman–Crippen MR) is 107 cm³/mol. The summed E-state index contributed by atoms with van der Waals surface area (Å²) in [5.74, 6) is 0. The summed E-state index contributed by atoms with van der Waals surface area (Å²) in [5.41, 5.74) is 2.40. The number of tetrazole rings is 1. The van der Waals surface area contributed by atoms with Crippen LogP contribution in [0.4, 0.5) is 0 Å². The zero-order valence-electron chi connectivity index (χ0n) is 13.9. The predicted octanol–water partition coefficient (Wildman–Crippen LogP) is 3.24. The smallest absolute Gasteiger partial charge is 0.229 e. The van der Waals surface area contributed by atoms with E-state index in [1.165, 1.54) is 39.9 Å². The van der Waals surface area contributed by atoms with Crippen molar-refractivity contribution in [1.82, 2.24) is 25.2 Å². The molecule has 0 saturated heterocycles. The van der Waals surface area contributed by atoms with Gasteiger partial charge in [0.2, 0.25) is 15.2 Å². The highest BCUT2D eigenvalue weighted by Gasteiger charge is 2.14. The van der Waals surface area contributed by atoms with E-state index in [-0.39, 0.29) is 4.90 Å². The second-order valence-electron chi connectivity index (χ2n) is 5.52. The molecule has 2 aromatic heterocycles. The van der Waals surface area contributed by atoms with E-state index in [1.54, 1.807) is 12.1 Å². The second kappa shape index (κ2) is 7.60. The Kier molecular flexibility index (Phi) is 5.17. The normalized spacial score (nSPS) is 11.6. The first-order chi connectivity index (χ1) is 13.4. The second-order valence-corrected chi connectivity index (χ2v) is 9.59. The molecule has 0 aliphatic heterocycles. The number of sulfonamides is 1. The Bertz CT molecular complexity index is 1220. The summed E-state index contributed by atoms with van der Waals surface area (Å²) in [6.45, 7) is 0. The summed E-state index contributed by atoms with van der Waals surface area (Å²) in [7, 11) is -3.76. The molecule has 0 radical (unpaired) electrons. The van der Waals surface area contributed by atoms with Gasteiger partial charge in [0, 0.05) is 16.0 Å². The molecule has 0 aliphatic rings. The fraction of sp³-hybridized carbons (Fsp3) is 0. The molecule has 4 aromatic rings. The van der Waals surface area contributed by atoms with Crippen molar-refractivity contribution in [2.24, 2.45) is 5.14 Å². The van der Waals surface area contributed by atoms with Gasteiger partial charge in [-0.05, 0) is 58.6 Å². The number of nitrogens with zero attached hydrogens (tertiary/aromatic N) is 5. The van der Waals surface area contributed by atoms with E-state index >= 15 is 0 Å². The number of primary sulfonamides is 1. The van der Waals surface area contributed by atoms with Crippen LogP contribution in [0.25, 0.3) is 16.9 Å². The number of halogens is 1. The molecule has 0 unspecified atom stereocenters. The highest BCUT2D eigenvalue weighted by Crippen LogP contribution is 2.33. The number of rotatable bonds is 5. The van der Waals surface area contributed by atoms with Gasteiger partial charge in [0.05, 0.1) is 16.3 Å². The van der Waals surface area contributed by atoms with Crippen LogP contribution < -0.4 is 5.14 Å². The standard InChI is InChI=1S/C16H11ClN6O2S3/c17-11-3-1-10(2-4-11)14-9-26-16(19-14)27-15-20-21-22-23(15)12-5-7-13(8-6-12)28(18,24)25/h1-9H,(H2,18,24,25). The average molecular weight is 451 g/mol. The van der Waals surface area contributed by atoms with Gasteiger partial charge < -0.3 is 0 Å². The zero-order chi connectivity index (χ0) is 19.7. The van der Waals surface area contributed by atoms with Gasteiger partial charge in [-0.1, -0.05) is 23.7 Å². The van der Waals surface area contributed by atoms with Crippen LogP contribution in [0.1, 0.15) is 0 Å². The molecule has 28 heavy (non-hydrogen) atoms. The molecule has 0 amide bonds. The summed E-state index contributed by atoms with van der Waals surface area (Å²) in [6.07, 6.45) is 0. The van der Waals surface area contributed by atoms with Gasteiger partial charge in [-0.25, -0.2) is 18.5 Å². The summed E-state index contributed by atoms with van der Waals surface area (Å²) in [4.78, 5) is 4.62. The van der Waals surface area contributed by atoms with Crippen LogP contribution >= 0.6 is 34.7 Å². The number of aromatic nitrogens is 5. The molecule has 0 atom stereocenters. The molecule has 2 N–H and O–H groups in total. The molecular formula is C16H11ClN6O2S3. The van der Waals surface area contributed by atoms with Crippen LogP contribution in [0.15, 0.2) is 68.3 Å². The molecule has 0 aliphatic carbocycles. The largest absolute Gasteiger partial charge is 0.238 e. The van der Waals surface area contributed by atoms with Gasteiger partial charge in [0.15, 0.2) is 4.34 Å². The van der Waals surface area contributed by atoms with Gasteiger partial charge in [0.25, 0.3) is 0 Å². The molecule has 0 bridgehead atoms. The first-order valence-corrected chi connectivity index (χ1v) is 11.3. The van der Waals surface area contributed by atoms with Gasteiger partial charge in [-0.2, -0.15) is 4.68 Å². The van der Waals surface area contributed by atoms with Gasteiger partial charge in [0.1, 0.15) is 0 Å². The quantitative estimate of drug-likeness (QED) is 0.496. The van der Waals surface area contributed by atoms with Gasteiger partial charge in [-0.15, -0.1) is 16.4 Å². The maximum Gasteiger partial charge on any atom is 0.238 e. The Morgan fingerprint density at radius 2 is 1.79 bits per heavy atom. The Hall–Kier alpha value is -2.31. The first kappa shape index (κ1) is 19.0. The van der Waals surface area contributed by atoms with Crippen LogP contribution in [0.5, 0.6) is 0 Å². The summed E-state index contributed by atoms with van der Waals surface area (Å²) < 4.78 is 25.0. The van der Waals surface area contributed by atoms with Crippen molar-refractivity contribution < 1.29 is 8.42 Å². The molecule has 2 heterocycles. The SMILES string of the molecule is NS(=O)(=O)c1ccc(-n2nnnc2Sc2nc(-c3ccc(Cl)cc3)cs2)cc1. The summed E-state index contributed by atoms with van der Waals surface area (Å²) in [5, 5.41) is 19.9. The number of thiazole rings is 1. The topological polar surface area (TPSA) is 117 Å². The highest BCUT2D eigenvalue weighted by atomic mass is 35.5. The van der Waals surface area contributed by atoms with E-state index in [4.69, 9.17) is 16.7 Å². The van der Waals surface area contributed by atoms with Crippen molar-refractivity contribution in [2.45, 2.75) is 14.4 Å². The van der Waals surface area contributed by atoms with E-state index in [9.17, 15) is 8.42 Å². The number of hydrogen-bond donors (Lipinski definition) is 1. The molecule has 0 fully saturated rings. The van der Waals surface area contributed by atoms with Crippen LogP contribution in [0.3, 0.4) is 0 Å². The molecule has 2 aromatic carbocycles. The Labute approximate surface area is 173 Å². The zero-order valence-corrected chi connectivity index (χ0v) is 17.1. The molecular weight excluding hydrogens is 440 g/mol. The van der Waals surface area contributed by atoms with E-state index in [2.05, 4.69) is 20.5 Å². The van der Waals surface area contributed by atoms with Crippen molar-refractivity contribution in [3.05, 3.63) is 58.9 Å². The lowest BCUT2D eigenvalue weighted by Crippen LogP contribution is -2.12. The maximum absolute atomic E-state index is 11.4. The number of nitrogens with two attached hydrogens (primary N) is 1. The highest BCUT2D eigenvalue weighted by molar-refractivity contribution is 8.00. The molecule has 8 nitrogen and oxygen atoms in total. The van der Waals surface area contributed by atoms with E-state index in [0.29, 0.717) is 15.9 Å². The van der Waals surface area contributed by atoms with E-state index in [0.717, 1.165) is 15.6 Å². The number of benzene rings is 2. The first-order valence-electron chi connectivity index (χ1n) is 7.71. The average Bonchev–Trinajstić information content (AvgIpc) is 3.32. The maximum atomic E-state index is 11.4. The molecule has 12 heteroatoms. The Morgan fingerprint density at radius 1 is 1.07 bits per heavy atom. The minimum absolute atomic E-state index is 0.0195. The minimum Gasteiger partial charge on any atom is -0.229 e. The van der Waals surface area contributed by atoms with Crippen molar-refractivity contribution >= 4 is 44.7 Å². The molecule has 142 valence electrons. The third kappa shape index (κ3) is 4.08. The van der Waals surface area contributed by atoms with Crippen molar-refractivity contribution in [2.75, 3.05) is 0 Å². The lowest BCUT2D eigenvalue weighted by Gasteiger charge is -2.04. The van der Waals surface area contributed by atoms with Gasteiger partial charge >= 0.3 is 0 Å². The Morgan fingerprint density at radius 3 is 2.46 bits per heavy atom. The monoisotopic (exact) mass is 450 g/mol. The van der Waals surface area contributed by atoms with Gasteiger partial charge in [-0.3, -0.25) is 0 Å². The van der Waals surface area contributed by atoms with E-state index < -0.39 is 10.0 Å². The van der Waals surface area contributed by atoms with Crippen molar-refractivity contribution in [3.8, 4) is 16.9 Å². The fourth-order valence-electron chi connectivity index (χ4n) is 2.32. The van der Waals surface area contributed by atoms with E-state index in [1.807, 2.05) is 29.6 Å². The summed E-state index contributed by atoms with van der Waals surface area (Å²) >= 11 is 8.70. The van der Waals surface area contributed by atoms with Crippen LogP contribution in [0.2, 0.25) is 5.02 Å². The molecule has 4 rings (SSSR count). The third-order valence-electron chi connectivity index (χ3n) is 3.65.